The molecular weight excluding hydrogens is 520 g/mol. The number of rotatable bonds is 8. The second-order valence-corrected chi connectivity index (χ2v) is 11.2. The lowest BCUT2D eigenvalue weighted by Crippen LogP contribution is -2.27. The molecule has 37 heavy (non-hydrogen) atoms. The fraction of sp³-hybridized carbons (Fsp3) is 0.133. The zero-order chi connectivity index (χ0) is 25.6. The van der Waals surface area contributed by atoms with Crippen molar-refractivity contribution in [2.24, 2.45) is 0 Å². The van der Waals surface area contributed by atoms with Gasteiger partial charge in [0, 0.05) is 33.5 Å². The van der Waals surface area contributed by atoms with E-state index >= 15 is 0 Å². The van der Waals surface area contributed by atoms with Crippen LogP contribution in [0.5, 0.6) is 0 Å². The maximum absolute atomic E-state index is 12.8. The van der Waals surface area contributed by atoms with E-state index in [4.69, 9.17) is 11.6 Å². The number of nitrogens with zero attached hydrogens (tertiary/aromatic N) is 1. The molecule has 0 radical (unpaired) electrons. The lowest BCUT2D eigenvalue weighted by molar-refractivity contribution is -0.128. The Kier molecular flexibility index (Phi) is 8.19. The molecule has 186 valence electrons. The number of nitrogens with one attached hydrogen (secondary N) is 1. The summed E-state index contributed by atoms with van der Waals surface area (Å²) in [6, 6.07) is 33.3. The number of benzene rings is 4. The smallest absolute Gasteiger partial charge is 0.255 e. The van der Waals surface area contributed by atoms with E-state index in [0.29, 0.717) is 22.9 Å². The van der Waals surface area contributed by atoms with Crippen molar-refractivity contribution in [1.29, 1.82) is 0 Å². The van der Waals surface area contributed by atoms with Crippen LogP contribution in [0, 0.1) is 0 Å². The second kappa shape index (κ2) is 11.9. The molecule has 1 aliphatic heterocycles. The Hall–Kier alpha value is -3.19. The average Bonchev–Trinajstić information content (AvgIpc) is 3.30. The number of carbonyl (C=O) groups is 2. The van der Waals surface area contributed by atoms with Crippen molar-refractivity contribution in [3.8, 4) is 0 Å². The van der Waals surface area contributed by atoms with Crippen LogP contribution in [0.25, 0.3) is 0 Å². The standard InChI is InChI=1S/C30H25ClN2O2S2/c31-25-14-6-21(7-15-25)18-33-28(34)20-37-30(33)24-12-10-23(11-13-24)29(35)32-26-16-8-22(9-17-26)19-36-27-4-2-1-3-5-27/h1-17,30H,18-20H2,(H,32,35)/t30-/m1/s1. The van der Waals surface area contributed by atoms with Crippen molar-refractivity contribution in [2.75, 3.05) is 11.1 Å². The van der Waals surface area contributed by atoms with E-state index in [-0.39, 0.29) is 17.2 Å². The Morgan fingerprint density at radius 3 is 2.27 bits per heavy atom. The zero-order valence-corrected chi connectivity index (χ0v) is 22.4. The van der Waals surface area contributed by atoms with Crippen LogP contribution in [0.4, 0.5) is 5.69 Å². The third kappa shape index (κ3) is 6.58. The van der Waals surface area contributed by atoms with Crippen LogP contribution in [0.3, 0.4) is 0 Å². The number of amides is 2. The highest BCUT2D eigenvalue weighted by atomic mass is 35.5. The number of hydrogen-bond donors (Lipinski definition) is 1. The predicted octanol–water partition coefficient (Wildman–Crippen LogP) is 7.66. The van der Waals surface area contributed by atoms with E-state index < -0.39 is 0 Å². The van der Waals surface area contributed by atoms with E-state index in [1.54, 1.807) is 23.5 Å². The van der Waals surface area contributed by atoms with Crippen molar-refractivity contribution >= 4 is 52.6 Å². The molecule has 7 heteroatoms. The Morgan fingerprint density at radius 2 is 1.57 bits per heavy atom. The van der Waals surface area contributed by atoms with E-state index in [0.717, 1.165) is 22.6 Å². The van der Waals surface area contributed by atoms with E-state index in [9.17, 15) is 9.59 Å². The summed E-state index contributed by atoms with van der Waals surface area (Å²) in [6.45, 7) is 0.524. The molecule has 1 N–H and O–H groups in total. The Bertz CT molecular complexity index is 1360. The van der Waals surface area contributed by atoms with Crippen LogP contribution in [0.1, 0.15) is 32.4 Å². The highest BCUT2D eigenvalue weighted by Gasteiger charge is 2.32. The topological polar surface area (TPSA) is 49.4 Å². The van der Waals surface area contributed by atoms with Crippen LogP contribution < -0.4 is 5.32 Å². The largest absolute Gasteiger partial charge is 0.322 e. The lowest BCUT2D eigenvalue weighted by Gasteiger charge is -2.24. The molecule has 0 spiro atoms. The van der Waals surface area contributed by atoms with Crippen molar-refractivity contribution in [1.82, 2.24) is 4.90 Å². The van der Waals surface area contributed by atoms with Gasteiger partial charge in [-0.25, -0.2) is 0 Å². The Balaban J connectivity index is 1.19. The van der Waals surface area contributed by atoms with Gasteiger partial charge in [-0.05, 0) is 65.2 Å². The van der Waals surface area contributed by atoms with Crippen LogP contribution in [0.15, 0.2) is 108 Å². The monoisotopic (exact) mass is 544 g/mol. The first-order valence-corrected chi connectivity index (χ1v) is 14.3. The van der Waals surface area contributed by atoms with Crippen molar-refractivity contribution < 1.29 is 9.59 Å². The molecule has 0 bridgehead atoms. The zero-order valence-electron chi connectivity index (χ0n) is 20.0. The molecule has 0 unspecified atom stereocenters. The van der Waals surface area contributed by atoms with Gasteiger partial charge in [0.15, 0.2) is 0 Å². The molecule has 1 fully saturated rings. The number of hydrogen-bond acceptors (Lipinski definition) is 4. The summed E-state index contributed by atoms with van der Waals surface area (Å²) in [5, 5.41) is 3.57. The van der Waals surface area contributed by atoms with Crippen LogP contribution in [0.2, 0.25) is 5.02 Å². The molecule has 1 aliphatic rings. The van der Waals surface area contributed by atoms with Gasteiger partial charge in [0.25, 0.3) is 5.91 Å². The van der Waals surface area contributed by atoms with Gasteiger partial charge < -0.3 is 10.2 Å². The molecule has 0 aliphatic carbocycles. The quantitative estimate of drug-likeness (QED) is 0.231. The van der Waals surface area contributed by atoms with Crippen molar-refractivity contribution in [3.63, 3.8) is 0 Å². The van der Waals surface area contributed by atoms with Crippen LogP contribution in [-0.4, -0.2) is 22.5 Å². The minimum Gasteiger partial charge on any atom is -0.322 e. The summed E-state index contributed by atoms with van der Waals surface area (Å²) >= 11 is 9.38. The summed E-state index contributed by atoms with van der Waals surface area (Å²) in [6.07, 6.45) is 0. The van der Waals surface area contributed by atoms with Crippen molar-refractivity contribution in [3.05, 3.63) is 130 Å². The molecule has 2 amide bonds. The van der Waals surface area contributed by atoms with E-state index in [1.165, 1.54) is 10.5 Å². The summed E-state index contributed by atoms with van der Waals surface area (Å²) in [4.78, 5) is 28.5. The van der Waals surface area contributed by atoms with E-state index in [1.807, 2.05) is 95.9 Å². The molecule has 4 nitrogen and oxygen atoms in total. The van der Waals surface area contributed by atoms with Gasteiger partial charge in [0.1, 0.15) is 5.37 Å². The summed E-state index contributed by atoms with van der Waals surface area (Å²) in [5.41, 5.74) is 4.56. The van der Waals surface area contributed by atoms with Gasteiger partial charge >= 0.3 is 0 Å². The predicted molar refractivity (Wildman–Crippen MR) is 154 cm³/mol. The number of anilines is 1. The van der Waals surface area contributed by atoms with Crippen LogP contribution in [-0.2, 0) is 17.1 Å². The Labute approximate surface area is 230 Å². The minimum absolute atomic E-state index is 0.0819. The Morgan fingerprint density at radius 1 is 0.892 bits per heavy atom. The molecule has 1 heterocycles. The second-order valence-electron chi connectivity index (χ2n) is 8.69. The third-order valence-electron chi connectivity index (χ3n) is 6.05. The molecule has 5 rings (SSSR count). The summed E-state index contributed by atoms with van der Waals surface area (Å²) < 4.78 is 0. The fourth-order valence-electron chi connectivity index (χ4n) is 4.06. The normalized spacial score (nSPS) is 15.1. The number of thioether (sulfide) groups is 2. The molecule has 4 aromatic carbocycles. The average molecular weight is 545 g/mol. The third-order valence-corrected chi connectivity index (χ3v) is 8.64. The first-order chi connectivity index (χ1) is 18.0. The molecule has 4 aromatic rings. The SMILES string of the molecule is O=C(Nc1ccc(CSc2ccccc2)cc1)c1ccc([C@H]2SCC(=O)N2Cc2ccc(Cl)cc2)cc1. The number of carbonyl (C=O) groups excluding carboxylic acids is 2. The first-order valence-electron chi connectivity index (χ1n) is 11.9. The highest BCUT2D eigenvalue weighted by Crippen LogP contribution is 2.39. The van der Waals surface area contributed by atoms with Gasteiger partial charge in [0.05, 0.1) is 5.75 Å². The van der Waals surface area contributed by atoms with E-state index in [2.05, 4.69) is 17.4 Å². The van der Waals surface area contributed by atoms with Gasteiger partial charge in [0.2, 0.25) is 5.91 Å². The van der Waals surface area contributed by atoms with Gasteiger partial charge in [-0.2, -0.15) is 0 Å². The molecule has 1 saturated heterocycles. The summed E-state index contributed by atoms with van der Waals surface area (Å²) in [7, 11) is 0. The maximum Gasteiger partial charge on any atom is 0.255 e. The molecule has 0 aromatic heterocycles. The molecular formula is C30H25ClN2O2S2. The van der Waals surface area contributed by atoms with Gasteiger partial charge in [-0.3, -0.25) is 9.59 Å². The van der Waals surface area contributed by atoms with Gasteiger partial charge in [-0.15, -0.1) is 23.5 Å². The lowest BCUT2D eigenvalue weighted by atomic mass is 10.1. The number of halogens is 1. The maximum atomic E-state index is 12.8. The molecule has 1 atom stereocenters. The minimum atomic E-state index is -0.161. The van der Waals surface area contributed by atoms with Crippen molar-refractivity contribution in [2.45, 2.75) is 22.6 Å². The first kappa shape index (κ1) is 25.5. The fourth-order valence-corrected chi connectivity index (χ4v) is 6.25. The van der Waals surface area contributed by atoms with Gasteiger partial charge in [-0.1, -0.05) is 66.2 Å². The summed E-state index contributed by atoms with van der Waals surface area (Å²) in [5.74, 6) is 1.26. The molecule has 0 saturated carbocycles. The van der Waals surface area contributed by atoms with Crippen LogP contribution >= 0.6 is 35.1 Å². The highest BCUT2D eigenvalue weighted by molar-refractivity contribution is 8.00.